The van der Waals surface area contributed by atoms with Crippen LogP contribution in [0.1, 0.15) is 213 Å². The summed E-state index contributed by atoms with van der Waals surface area (Å²) in [5, 5.41) is 11.1. The second kappa shape index (κ2) is 42.8. The van der Waals surface area contributed by atoms with Crippen LogP contribution in [0.25, 0.3) is 0 Å². The summed E-state index contributed by atoms with van der Waals surface area (Å²) in [6, 6.07) is 0. The maximum Gasteiger partial charge on any atom is 0.322 e. The van der Waals surface area contributed by atoms with E-state index in [2.05, 4.69) is 79.9 Å². The van der Waals surface area contributed by atoms with Gasteiger partial charge in [-0.1, -0.05) is 178 Å². The topological polar surface area (TPSA) is 92.7 Å². The number of hydrogen-bond acceptors (Lipinski definition) is 4. The number of carboxylic acids is 1. The van der Waals surface area contributed by atoms with Crippen molar-refractivity contribution in [2.45, 2.75) is 219 Å². The molecule has 1 unspecified atom stereocenters. The summed E-state index contributed by atoms with van der Waals surface area (Å²) in [6.07, 6.45) is 56.6. The molecule has 6 nitrogen and oxygen atoms in total. The van der Waals surface area contributed by atoms with E-state index < -0.39 is 5.97 Å². The summed E-state index contributed by atoms with van der Waals surface area (Å²) in [7, 11) is 0. The zero-order chi connectivity index (χ0) is 39.4. The van der Waals surface area contributed by atoms with Gasteiger partial charge < -0.3 is 15.2 Å². The summed E-state index contributed by atoms with van der Waals surface area (Å²) in [4.78, 5) is 35.0. The summed E-state index contributed by atoms with van der Waals surface area (Å²) in [5.74, 6) is -1.33. The van der Waals surface area contributed by atoms with E-state index in [0.717, 1.165) is 77.0 Å². The summed E-state index contributed by atoms with van der Waals surface area (Å²) in [6.45, 7) is 4.10. The molecule has 0 bridgehead atoms. The average Bonchev–Trinajstić information content (AvgIpc) is 3.16. The van der Waals surface area contributed by atoms with Gasteiger partial charge in [-0.25, -0.2) is 0 Å². The van der Waals surface area contributed by atoms with Crippen LogP contribution in [0, 0.1) is 0 Å². The number of rotatable bonds is 40. The van der Waals surface area contributed by atoms with Crippen LogP contribution in [0.3, 0.4) is 0 Å². The minimum absolute atomic E-state index is 0.0957. The Morgan fingerprint density at radius 1 is 0.519 bits per heavy atom. The van der Waals surface area contributed by atoms with Crippen molar-refractivity contribution >= 4 is 17.8 Å². The molecule has 0 radical (unpaired) electrons. The molecule has 0 heterocycles. The van der Waals surface area contributed by atoms with E-state index >= 15 is 0 Å². The first kappa shape index (κ1) is 51.1. The molecule has 6 heteroatoms. The third kappa shape index (κ3) is 41.9. The van der Waals surface area contributed by atoms with Gasteiger partial charge in [-0.05, 0) is 83.1 Å². The normalized spacial score (nSPS) is 12.6. The van der Waals surface area contributed by atoms with Crippen molar-refractivity contribution in [3.8, 4) is 0 Å². The van der Waals surface area contributed by atoms with Gasteiger partial charge in [0.05, 0.1) is 0 Å². The lowest BCUT2D eigenvalue weighted by Gasteiger charge is -2.14. The SMILES string of the molecule is CC/C=C\C/C=C\C/C=C\C/C=C\C(CCCCCCCC(=O)NCC(=O)O)OC(=O)CCCCCCCCCCC/C=C\CCCCCCCCCC. The maximum absolute atomic E-state index is 12.7. The second-order valence-corrected chi connectivity index (χ2v) is 14.9. The fourth-order valence-electron chi connectivity index (χ4n) is 6.36. The van der Waals surface area contributed by atoms with Crippen molar-refractivity contribution in [1.29, 1.82) is 0 Å². The van der Waals surface area contributed by atoms with Gasteiger partial charge in [0.1, 0.15) is 12.6 Å². The van der Waals surface area contributed by atoms with Crippen molar-refractivity contribution in [2.24, 2.45) is 0 Å². The van der Waals surface area contributed by atoms with Crippen molar-refractivity contribution in [3.05, 3.63) is 60.8 Å². The summed E-state index contributed by atoms with van der Waals surface area (Å²) in [5.41, 5.74) is 0. The Bertz CT molecular complexity index is 1010. The Hall–Kier alpha value is -2.89. The molecule has 0 aliphatic carbocycles. The smallest absolute Gasteiger partial charge is 0.322 e. The number of carbonyl (C=O) groups excluding carboxylic acids is 2. The molecule has 1 atom stereocenters. The lowest BCUT2D eigenvalue weighted by atomic mass is 10.0. The first-order valence-corrected chi connectivity index (χ1v) is 22.4. The molecule has 0 aromatic heterocycles. The Morgan fingerprint density at radius 3 is 1.48 bits per heavy atom. The van der Waals surface area contributed by atoms with Crippen molar-refractivity contribution < 1.29 is 24.2 Å². The fourth-order valence-corrected chi connectivity index (χ4v) is 6.36. The minimum Gasteiger partial charge on any atom is -0.480 e. The van der Waals surface area contributed by atoms with Gasteiger partial charge in [0, 0.05) is 12.8 Å². The average molecular weight is 754 g/mol. The number of unbranched alkanes of at least 4 members (excludes halogenated alkanes) is 21. The van der Waals surface area contributed by atoms with Gasteiger partial charge in [0.25, 0.3) is 0 Å². The molecule has 0 aromatic carbocycles. The third-order valence-corrected chi connectivity index (χ3v) is 9.66. The van der Waals surface area contributed by atoms with Crippen molar-refractivity contribution in [3.63, 3.8) is 0 Å². The zero-order valence-corrected chi connectivity index (χ0v) is 35.1. The van der Waals surface area contributed by atoms with Gasteiger partial charge in [-0.2, -0.15) is 0 Å². The van der Waals surface area contributed by atoms with Crippen LogP contribution < -0.4 is 5.32 Å². The predicted octanol–water partition coefficient (Wildman–Crippen LogP) is 14.0. The number of amides is 1. The lowest BCUT2D eigenvalue weighted by molar-refractivity contribution is -0.147. The first-order chi connectivity index (χ1) is 26.5. The Labute approximate surface area is 332 Å². The summed E-state index contributed by atoms with van der Waals surface area (Å²) < 4.78 is 5.92. The monoisotopic (exact) mass is 754 g/mol. The molecular weight excluding hydrogens is 671 g/mol. The number of nitrogens with one attached hydrogen (secondary N) is 1. The van der Waals surface area contributed by atoms with Gasteiger partial charge in [-0.3, -0.25) is 14.4 Å². The van der Waals surface area contributed by atoms with Crippen LogP contribution >= 0.6 is 0 Å². The highest BCUT2D eigenvalue weighted by molar-refractivity contribution is 5.80. The molecule has 1 amide bonds. The fraction of sp³-hybridized carbons (Fsp3) is 0.729. The second-order valence-electron chi connectivity index (χ2n) is 14.9. The Morgan fingerprint density at radius 2 is 0.963 bits per heavy atom. The first-order valence-electron chi connectivity index (χ1n) is 22.4. The molecule has 0 aromatic rings. The highest BCUT2D eigenvalue weighted by atomic mass is 16.5. The molecule has 310 valence electrons. The zero-order valence-electron chi connectivity index (χ0n) is 35.1. The molecule has 0 fully saturated rings. The van der Waals surface area contributed by atoms with Crippen LogP contribution in [-0.2, 0) is 19.1 Å². The standard InChI is InChI=1S/C48H83NO5/c1-3-5-7-9-11-13-15-16-17-18-19-20-21-22-23-24-26-28-30-35-39-43-48(53)54-45(40-36-32-29-27-25-14-12-10-8-6-4-2)41-37-33-31-34-38-42-46(50)49-44-47(51)52/h6,8,12,14,18-19,27,29,36,40,45H,3-5,7,9-11,13,15-17,20-26,28,30-35,37-39,41-44H2,1-2H3,(H,49,50)(H,51,52)/b8-6-,14-12-,19-18-,29-27-,40-36-. The molecule has 0 saturated carbocycles. The predicted molar refractivity (Wildman–Crippen MR) is 231 cm³/mol. The third-order valence-electron chi connectivity index (χ3n) is 9.66. The van der Waals surface area contributed by atoms with Gasteiger partial charge >= 0.3 is 11.9 Å². The van der Waals surface area contributed by atoms with E-state index in [4.69, 9.17) is 9.84 Å². The Kier molecular flexibility index (Phi) is 40.6. The number of carboxylic acid groups (broad SMARTS) is 1. The van der Waals surface area contributed by atoms with E-state index in [1.165, 1.54) is 109 Å². The van der Waals surface area contributed by atoms with Crippen LogP contribution in [0.2, 0.25) is 0 Å². The Balaban J connectivity index is 4.15. The number of allylic oxidation sites excluding steroid dienone is 9. The minimum atomic E-state index is -1.03. The van der Waals surface area contributed by atoms with Crippen LogP contribution in [-0.4, -0.2) is 35.6 Å². The van der Waals surface area contributed by atoms with Crippen LogP contribution in [0.15, 0.2) is 60.8 Å². The van der Waals surface area contributed by atoms with Gasteiger partial charge in [-0.15, -0.1) is 0 Å². The number of esters is 1. The lowest BCUT2D eigenvalue weighted by Crippen LogP contribution is -2.28. The van der Waals surface area contributed by atoms with Gasteiger partial charge in [0.2, 0.25) is 5.91 Å². The molecular formula is C48H83NO5. The van der Waals surface area contributed by atoms with Crippen molar-refractivity contribution in [1.82, 2.24) is 5.32 Å². The number of ether oxygens (including phenoxy) is 1. The number of hydrogen-bond donors (Lipinski definition) is 2. The maximum atomic E-state index is 12.7. The van der Waals surface area contributed by atoms with Gasteiger partial charge in [0.15, 0.2) is 0 Å². The molecule has 0 rings (SSSR count). The van der Waals surface area contributed by atoms with E-state index in [1.807, 2.05) is 0 Å². The number of carbonyl (C=O) groups is 3. The molecule has 54 heavy (non-hydrogen) atoms. The highest BCUT2D eigenvalue weighted by Gasteiger charge is 2.11. The van der Waals surface area contributed by atoms with Crippen LogP contribution in [0.5, 0.6) is 0 Å². The highest BCUT2D eigenvalue weighted by Crippen LogP contribution is 2.16. The molecule has 0 spiro atoms. The molecule has 2 N–H and O–H groups in total. The molecule has 0 aliphatic rings. The largest absolute Gasteiger partial charge is 0.480 e. The summed E-state index contributed by atoms with van der Waals surface area (Å²) >= 11 is 0. The van der Waals surface area contributed by atoms with E-state index in [1.54, 1.807) is 0 Å². The van der Waals surface area contributed by atoms with Crippen molar-refractivity contribution in [2.75, 3.05) is 6.54 Å². The quantitative estimate of drug-likeness (QED) is 0.0369. The van der Waals surface area contributed by atoms with E-state index in [-0.39, 0.29) is 24.5 Å². The molecule has 0 saturated heterocycles. The van der Waals surface area contributed by atoms with Crippen LogP contribution in [0.4, 0.5) is 0 Å². The van der Waals surface area contributed by atoms with E-state index in [9.17, 15) is 14.4 Å². The van der Waals surface area contributed by atoms with E-state index in [0.29, 0.717) is 12.8 Å². The molecule has 0 aliphatic heterocycles. The number of aliphatic carboxylic acids is 1.